The Balaban J connectivity index is 1.80. The van der Waals surface area contributed by atoms with Crippen molar-refractivity contribution < 1.29 is 4.39 Å². The number of para-hydroxylation sites is 1. The maximum atomic E-state index is 14.0. The Morgan fingerprint density at radius 1 is 1.23 bits per heavy atom. The van der Waals surface area contributed by atoms with E-state index in [1.165, 1.54) is 17.1 Å². The zero-order valence-electron chi connectivity index (χ0n) is 13.6. The summed E-state index contributed by atoms with van der Waals surface area (Å²) in [4.78, 5) is 8.44. The van der Waals surface area contributed by atoms with E-state index in [0.717, 1.165) is 26.7 Å². The lowest BCUT2D eigenvalue weighted by Gasteiger charge is -2.15. The van der Waals surface area contributed by atoms with Gasteiger partial charge in [0.05, 0.1) is 17.6 Å². The monoisotopic (exact) mass is 482 g/mol. The molecule has 0 saturated carbocycles. The van der Waals surface area contributed by atoms with Gasteiger partial charge < -0.3 is 4.57 Å². The number of hydrogen-bond acceptors (Lipinski definition) is 4. The van der Waals surface area contributed by atoms with E-state index in [1.54, 1.807) is 24.4 Å². The minimum absolute atomic E-state index is 0.104. The smallest absolute Gasteiger partial charge is 0.148 e. The number of rotatable bonds is 4. The first-order chi connectivity index (χ1) is 12.6. The third-order valence-corrected chi connectivity index (χ3v) is 5.30. The van der Waals surface area contributed by atoms with Gasteiger partial charge in [0.1, 0.15) is 34.3 Å². The highest BCUT2D eigenvalue weighted by molar-refractivity contribution is 14.1. The van der Waals surface area contributed by atoms with Gasteiger partial charge in [0.2, 0.25) is 0 Å². The average Bonchev–Trinajstić information content (AvgIpc) is 3.23. The average molecular weight is 483 g/mol. The molecule has 0 amide bonds. The molecule has 4 aromatic rings. The number of nitrogens with zero attached hydrogens (tertiary/aromatic N) is 6. The van der Waals surface area contributed by atoms with Crippen LogP contribution in [0.5, 0.6) is 0 Å². The molecular formula is C17H13ClFIN6. The second kappa shape index (κ2) is 6.92. The summed E-state index contributed by atoms with van der Waals surface area (Å²) in [6.45, 7) is 2.05. The predicted octanol–water partition coefficient (Wildman–Crippen LogP) is 4.41. The quantitative estimate of drug-likeness (QED) is 0.319. The SMILES string of the molecule is CCC(c1cn(-c2ccccc2F)nn1)n1cc(I)c2c(Cl)ncnc21. The van der Waals surface area contributed by atoms with Crippen molar-refractivity contribution in [1.82, 2.24) is 29.5 Å². The van der Waals surface area contributed by atoms with Gasteiger partial charge in [-0.25, -0.2) is 19.0 Å². The van der Waals surface area contributed by atoms with E-state index in [4.69, 9.17) is 11.6 Å². The Morgan fingerprint density at radius 2 is 2.04 bits per heavy atom. The van der Waals surface area contributed by atoms with Crippen molar-refractivity contribution >= 4 is 45.2 Å². The van der Waals surface area contributed by atoms with Gasteiger partial charge >= 0.3 is 0 Å². The highest BCUT2D eigenvalue weighted by Crippen LogP contribution is 2.32. The third-order valence-electron chi connectivity index (χ3n) is 4.19. The van der Waals surface area contributed by atoms with E-state index in [9.17, 15) is 4.39 Å². The maximum absolute atomic E-state index is 14.0. The van der Waals surface area contributed by atoms with Crippen LogP contribution in [0.15, 0.2) is 43.0 Å². The first kappa shape index (κ1) is 17.3. The Labute approximate surface area is 167 Å². The normalized spacial score (nSPS) is 12.6. The lowest BCUT2D eigenvalue weighted by atomic mass is 10.1. The molecule has 0 N–H and O–H groups in total. The van der Waals surface area contributed by atoms with Crippen LogP contribution in [0.4, 0.5) is 4.39 Å². The van der Waals surface area contributed by atoms with Crippen molar-refractivity contribution in [2.45, 2.75) is 19.4 Å². The molecular weight excluding hydrogens is 470 g/mol. The van der Waals surface area contributed by atoms with Crippen LogP contribution in [0, 0.1) is 9.39 Å². The zero-order chi connectivity index (χ0) is 18.3. The van der Waals surface area contributed by atoms with Crippen LogP contribution in [0.25, 0.3) is 16.7 Å². The summed E-state index contributed by atoms with van der Waals surface area (Å²) in [5, 5.41) is 9.60. The van der Waals surface area contributed by atoms with E-state index in [0.29, 0.717) is 10.8 Å². The molecule has 1 atom stereocenters. The van der Waals surface area contributed by atoms with Crippen molar-refractivity contribution in [3.05, 3.63) is 63.2 Å². The summed E-state index contributed by atoms with van der Waals surface area (Å²) in [6.07, 6.45) is 5.92. The molecule has 132 valence electrons. The van der Waals surface area contributed by atoms with Crippen LogP contribution in [-0.2, 0) is 0 Å². The van der Waals surface area contributed by atoms with Crippen LogP contribution >= 0.6 is 34.2 Å². The number of fused-ring (bicyclic) bond motifs is 1. The van der Waals surface area contributed by atoms with Gasteiger partial charge in [-0.2, -0.15) is 0 Å². The molecule has 0 aliphatic carbocycles. The highest BCUT2D eigenvalue weighted by atomic mass is 127. The standard InChI is InChI=1S/C17H13ClFIN6/c1-2-13(25-7-11(20)15-16(18)21-9-22-17(15)25)12-8-26(24-23-12)14-6-4-3-5-10(14)19/h3-9,13H,2H2,1H3. The van der Waals surface area contributed by atoms with Crippen molar-refractivity contribution in [1.29, 1.82) is 0 Å². The van der Waals surface area contributed by atoms with E-state index in [2.05, 4.69) is 42.9 Å². The fourth-order valence-corrected chi connectivity index (χ4v) is 4.16. The van der Waals surface area contributed by atoms with Crippen LogP contribution in [0.2, 0.25) is 5.15 Å². The first-order valence-electron chi connectivity index (χ1n) is 7.93. The summed E-state index contributed by atoms with van der Waals surface area (Å²) in [7, 11) is 0. The summed E-state index contributed by atoms with van der Waals surface area (Å²) >= 11 is 8.44. The molecule has 0 spiro atoms. The van der Waals surface area contributed by atoms with Crippen molar-refractivity contribution in [2.24, 2.45) is 0 Å². The minimum atomic E-state index is -0.350. The molecule has 4 rings (SSSR count). The molecule has 0 saturated heterocycles. The molecule has 6 nitrogen and oxygen atoms in total. The van der Waals surface area contributed by atoms with Crippen molar-refractivity contribution in [2.75, 3.05) is 0 Å². The predicted molar refractivity (Wildman–Crippen MR) is 105 cm³/mol. The number of benzene rings is 1. The maximum Gasteiger partial charge on any atom is 0.148 e. The van der Waals surface area contributed by atoms with E-state index < -0.39 is 0 Å². The Hall–Kier alpha value is -2.07. The van der Waals surface area contributed by atoms with Crippen LogP contribution in [0.1, 0.15) is 25.1 Å². The highest BCUT2D eigenvalue weighted by Gasteiger charge is 2.22. The molecule has 0 aliphatic rings. The summed E-state index contributed by atoms with van der Waals surface area (Å²) in [6, 6.07) is 6.36. The molecule has 3 aromatic heterocycles. The van der Waals surface area contributed by atoms with E-state index >= 15 is 0 Å². The molecule has 9 heteroatoms. The van der Waals surface area contributed by atoms with Gasteiger partial charge in [-0.1, -0.05) is 35.9 Å². The first-order valence-corrected chi connectivity index (χ1v) is 9.39. The van der Waals surface area contributed by atoms with Gasteiger partial charge in [0.15, 0.2) is 0 Å². The van der Waals surface area contributed by atoms with Crippen molar-refractivity contribution in [3.8, 4) is 5.69 Å². The van der Waals surface area contributed by atoms with E-state index in [-0.39, 0.29) is 11.9 Å². The van der Waals surface area contributed by atoms with E-state index in [1.807, 2.05) is 17.7 Å². The largest absolute Gasteiger partial charge is 0.322 e. The molecule has 1 aromatic carbocycles. The summed E-state index contributed by atoms with van der Waals surface area (Å²) in [5.41, 5.74) is 1.82. The lowest BCUT2D eigenvalue weighted by molar-refractivity contribution is 0.563. The van der Waals surface area contributed by atoms with Gasteiger partial charge in [0.25, 0.3) is 0 Å². The van der Waals surface area contributed by atoms with Crippen LogP contribution in [0.3, 0.4) is 0 Å². The fraction of sp³-hybridized carbons (Fsp3) is 0.176. The summed E-state index contributed by atoms with van der Waals surface area (Å²) in [5.74, 6) is -0.350. The Morgan fingerprint density at radius 3 is 2.81 bits per heavy atom. The zero-order valence-corrected chi connectivity index (χ0v) is 16.6. The molecule has 0 radical (unpaired) electrons. The van der Waals surface area contributed by atoms with Crippen molar-refractivity contribution in [3.63, 3.8) is 0 Å². The minimum Gasteiger partial charge on any atom is -0.322 e. The Kier molecular flexibility index (Phi) is 4.62. The second-order valence-electron chi connectivity index (χ2n) is 5.71. The topological polar surface area (TPSA) is 61.4 Å². The number of hydrogen-bond donors (Lipinski definition) is 0. The fourth-order valence-electron chi connectivity index (χ4n) is 2.98. The number of aromatic nitrogens is 6. The third kappa shape index (κ3) is 2.86. The molecule has 0 aliphatic heterocycles. The molecule has 26 heavy (non-hydrogen) atoms. The Bertz CT molecular complexity index is 1090. The van der Waals surface area contributed by atoms with Gasteiger partial charge in [0, 0.05) is 9.77 Å². The number of halogens is 3. The van der Waals surface area contributed by atoms with Crippen LogP contribution < -0.4 is 0 Å². The van der Waals surface area contributed by atoms with Gasteiger partial charge in [-0.05, 0) is 41.1 Å². The van der Waals surface area contributed by atoms with Gasteiger partial charge in [-0.3, -0.25) is 0 Å². The molecule has 0 fully saturated rings. The second-order valence-corrected chi connectivity index (χ2v) is 7.23. The summed E-state index contributed by atoms with van der Waals surface area (Å²) < 4.78 is 18.4. The van der Waals surface area contributed by atoms with Gasteiger partial charge in [-0.15, -0.1) is 5.10 Å². The molecule has 1 unspecified atom stereocenters. The molecule has 3 heterocycles. The molecule has 0 bridgehead atoms. The lowest BCUT2D eigenvalue weighted by Crippen LogP contribution is -2.10. The van der Waals surface area contributed by atoms with Crippen LogP contribution in [-0.4, -0.2) is 29.5 Å².